The number of nitrogens with zero attached hydrogens (tertiary/aromatic N) is 1. The average Bonchev–Trinajstić information content (AvgIpc) is 2.70. The quantitative estimate of drug-likeness (QED) is 0.187. The number of amides is 1. The molecular weight excluding hydrogens is 394 g/mol. The Balaban J connectivity index is 0. The minimum absolute atomic E-state index is 0.00926. The van der Waals surface area contributed by atoms with Crippen molar-refractivity contribution in [3.63, 3.8) is 0 Å². The van der Waals surface area contributed by atoms with Crippen LogP contribution in [-0.4, -0.2) is 43.0 Å². The van der Waals surface area contributed by atoms with Crippen molar-refractivity contribution in [1.29, 1.82) is 0 Å². The maximum Gasteiger partial charge on any atom is 0.331 e. The third-order valence-corrected chi connectivity index (χ3v) is 4.47. The van der Waals surface area contributed by atoms with Crippen molar-refractivity contribution in [2.45, 2.75) is 86.0 Å². The van der Waals surface area contributed by atoms with Crippen molar-refractivity contribution in [1.82, 2.24) is 4.90 Å². The van der Waals surface area contributed by atoms with Crippen LogP contribution in [0.2, 0.25) is 0 Å². The summed E-state index contributed by atoms with van der Waals surface area (Å²) >= 11 is 0. The van der Waals surface area contributed by atoms with Crippen LogP contribution in [0.15, 0.2) is 24.9 Å². The van der Waals surface area contributed by atoms with Gasteiger partial charge in [0.1, 0.15) is 0 Å². The largest absolute Gasteiger partial charge is 0.463 e. The summed E-state index contributed by atoms with van der Waals surface area (Å²) in [6.07, 6.45) is 12.4. The van der Waals surface area contributed by atoms with Gasteiger partial charge in [0.15, 0.2) is 0 Å². The number of hydrogen-bond acceptors (Lipinski definition) is 5. The Morgan fingerprint density at radius 1 is 0.774 bits per heavy atom. The second-order valence-corrected chi connectivity index (χ2v) is 8.47. The molecule has 0 fully saturated rings. The molecule has 0 aromatic rings. The van der Waals surface area contributed by atoms with Gasteiger partial charge in [0.25, 0.3) is 0 Å². The molecular formula is C25H45NO5. The van der Waals surface area contributed by atoms with Crippen LogP contribution in [0.5, 0.6) is 0 Å². The van der Waals surface area contributed by atoms with Crippen LogP contribution in [0.3, 0.4) is 0 Å². The van der Waals surface area contributed by atoms with Crippen LogP contribution < -0.4 is 0 Å². The lowest BCUT2D eigenvalue weighted by Crippen LogP contribution is -2.15. The standard InChI is InChI=1S/C20H36O4.C5H9NO/c1-17(2)11-7-5-9-15-23-19(21)13-14-20(22)24-16-10-6-8-12-18(3)4;1-4-6(3)5(2)7/h13-14,17-18H,5-12,15-16H2,1-4H3;4H,1H2,2-3H3/b14-13-;. The normalized spacial score (nSPS) is 10.6. The first-order chi connectivity index (χ1) is 14.6. The van der Waals surface area contributed by atoms with Crippen LogP contribution in [0.25, 0.3) is 0 Å². The highest BCUT2D eigenvalue weighted by molar-refractivity contribution is 5.91. The molecule has 180 valence electrons. The molecule has 0 rings (SSSR count). The van der Waals surface area contributed by atoms with E-state index in [4.69, 9.17) is 9.47 Å². The molecule has 0 radical (unpaired) electrons. The maximum absolute atomic E-state index is 11.5. The summed E-state index contributed by atoms with van der Waals surface area (Å²) in [5, 5.41) is 0. The summed E-state index contributed by atoms with van der Waals surface area (Å²) in [6, 6.07) is 0. The third-order valence-electron chi connectivity index (χ3n) is 4.47. The fraction of sp³-hybridized carbons (Fsp3) is 0.720. The molecule has 6 heteroatoms. The molecule has 0 heterocycles. The molecule has 0 aliphatic carbocycles. The van der Waals surface area contributed by atoms with E-state index < -0.39 is 11.9 Å². The van der Waals surface area contributed by atoms with E-state index >= 15 is 0 Å². The van der Waals surface area contributed by atoms with E-state index in [0.29, 0.717) is 13.2 Å². The van der Waals surface area contributed by atoms with Gasteiger partial charge in [-0.25, -0.2) is 9.59 Å². The van der Waals surface area contributed by atoms with Gasteiger partial charge in [0, 0.05) is 26.1 Å². The predicted octanol–water partition coefficient (Wildman–Crippen LogP) is 5.67. The third kappa shape index (κ3) is 25.9. The second-order valence-electron chi connectivity index (χ2n) is 8.47. The van der Waals surface area contributed by atoms with E-state index in [0.717, 1.165) is 62.5 Å². The van der Waals surface area contributed by atoms with Gasteiger partial charge in [0.05, 0.1) is 13.2 Å². The molecule has 1 amide bonds. The first kappa shape index (κ1) is 31.1. The van der Waals surface area contributed by atoms with Crippen molar-refractivity contribution in [2.75, 3.05) is 20.3 Å². The van der Waals surface area contributed by atoms with E-state index in [9.17, 15) is 14.4 Å². The SMILES string of the molecule is C=CN(C)C(C)=O.CC(C)CCCCCOC(=O)/C=C\C(=O)OCCCCCC(C)C. The van der Waals surface area contributed by atoms with E-state index in [2.05, 4.69) is 34.3 Å². The number of ether oxygens (including phenoxy) is 2. The summed E-state index contributed by atoms with van der Waals surface area (Å²) < 4.78 is 10.1. The Hall–Kier alpha value is -2.11. The van der Waals surface area contributed by atoms with Gasteiger partial charge in [-0.05, 0) is 30.9 Å². The summed E-state index contributed by atoms with van der Waals surface area (Å²) in [4.78, 5) is 34.5. The number of esters is 2. The fourth-order valence-electron chi connectivity index (χ4n) is 2.37. The zero-order valence-corrected chi connectivity index (χ0v) is 20.7. The fourth-order valence-corrected chi connectivity index (χ4v) is 2.37. The molecule has 0 aliphatic heterocycles. The summed E-state index contributed by atoms with van der Waals surface area (Å²) in [5.41, 5.74) is 0. The Morgan fingerprint density at radius 2 is 1.16 bits per heavy atom. The average molecular weight is 440 g/mol. The zero-order valence-electron chi connectivity index (χ0n) is 20.7. The van der Waals surface area contributed by atoms with Gasteiger partial charge in [0.2, 0.25) is 5.91 Å². The van der Waals surface area contributed by atoms with Gasteiger partial charge in [-0.3, -0.25) is 4.79 Å². The lowest BCUT2D eigenvalue weighted by atomic mass is 10.1. The Labute approximate surface area is 190 Å². The van der Waals surface area contributed by atoms with Crippen molar-refractivity contribution in [3.05, 3.63) is 24.9 Å². The van der Waals surface area contributed by atoms with E-state index in [-0.39, 0.29) is 5.91 Å². The van der Waals surface area contributed by atoms with Crippen molar-refractivity contribution < 1.29 is 23.9 Å². The first-order valence-corrected chi connectivity index (χ1v) is 11.5. The van der Waals surface area contributed by atoms with E-state index in [1.54, 1.807) is 7.05 Å². The minimum Gasteiger partial charge on any atom is -0.463 e. The number of carbonyl (C=O) groups excluding carboxylic acids is 3. The monoisotopic (exact) mass is 439 g/mol. The van der Waals surface area contributed by atoms with Crippen LogP contribution in [0.1, 0.15) is 86.0 Å². The number of rotatable bonds is 15. The maximum atomic E-state index is 11.5. The molecule has 6 nitrogen and oxygen atoms in total. The topological polar surface area (TPSA) is 72.9 Å². The molecule has 0 aromatic carbocycles. The van der Waals surface area contributed by atoms with E-state index in [1.807, 2.05) is 0 Å². The highest BCUT2D eigenvalue weighted by atomic mass is 16.5. The van der Waals surface area contributed by atoms with Crippen LogP contribution in [0.4, 0.5) is 0 Å². The molecule has 0 N–H and O–H groups in total. The second kappa shape index (κ2) is 21.1. The summed E-state index contributed by atoms with van der Waals surface area (Å²) in [6.45, 7) is 14.5. The van der Waals surface area contributed by atoms with Gasteiger partial charge >= 0.3 is 11.9 Å². The van der Waals surface area contributed by atoms with Crippen LogP contribution in [0, 0.1) is 11.8 Å². The van der Waals surface area contributed by atoms with Crippen molar-refractivity contribution in [3.8, 4) is 0 Å². The number of hydrogen-bond donors (Lipinski definition) is 0. The molecule has 0 unspecified atom stereocenters. The number of unbranched alkanes of at least 4 members (excludes halogenated alkanes) is 4. The Kier molecular flexibility index (Phi) is 21.2. The van der Waals surface area contributed by atoms with Crippen LogP contribution in [-0.2, 0) is 23.9 Å². The highest BCUT2D eigenvalue weighted by Crippen LogP contribution is 2.09. The van der Waals surface area contributed by atoms with Gasteiger partial charge in [-0.2, -0.15) is 0 Å². The summed E-state index contributed by atoms with van der Waals surface area (Å²) in [7, 11) is 1.66. The molecule has 0 aromatic heterocycles. The molecule has 0 saturated carbocycles. The first-order valence-electron chi connectivity index (χ1n) is 11.5. The Morgan fingerprint density at radius 3 is 1.42 bits per heavy atom. The van der Waals surface area contributed by atoms with Gasteiger partial charge in [-0.1, -0.05) is 72.8 Å². The van der Waals surface area contributed by atoms with E-state index in [1.165, 1.54) is 30.9 Å². The lowest BCUT2D eigenvalue weighted by molar-refractivity contribution is -0.140. The molecule has 0 aliphatic rings. The molecule has 0 atom stereocenters. The van der Waals surface area contributed by atoms with Crippen molar-refractivity contribution >= 4 is 17.8 Å². The lowest BCUT2D eigenvalue weighted by Gasteiger charge is -2.05. The van der Waals surface area contributed by atoms with Gasteiger partial charge in [-0.15, -0.1) is 0 Å². The predicted molar refractivity (Wildman–Crippen MR) is 126 cm³/mol. The van der Waals surface area contributed by atoms with Crippen molar-refractivity contribution in [2.24, 2.45) is 11.8 Å². The molecule has 0 saturated heterocycles. The summed E-state index contributed by atoms with van der Waals surface area (Å²) in [5.74, 6) is 0.490. The highest BCUT2D eigenvalue weighted by Gasteiger charge is 2.02. The minimum atomic E-state index is -0.479. The van der Waals surface area contributed by atoms with Gasteiger partial charge < -0.3 is 14.4 Å². The molecule has 0 spiro atoms. The molecule has 31 heavy (non-hydrogen) atoms. The Bertz CT molecular complexity index is 492. The number of carbonyl (C=O) groups is 3. The zero-order chi connectivity index (χ0) is 24.1. The smallest absolute Gasteiger partial charge is 0.331 e. The molecule has 0 bridgehead atoms. The van der Waals surface area contributed by atoms with Crippen LogP contribution >= 0.6 is 0 Å².